The van der Waals surface area contributed by atoms with Crippen LogP contribution in [0, 0.1) is 5.92 Å². The van der Waals surface area contributed by atoms with E-state index in [2.05, 4.69) is 17.4 Å². The molecule has 1 amide bonds. The van der Waals surface area contributed by atoms with Crippen molar-refractivity contribution in [3.63, 3.8) is 0 Å². The van der Waals surface area contributed by atoms with Crippen molar-refractivity contribution in [3.05, 3.63) is 35.4 Å². The molecule has 1 aromatic rings. The maximum absolute atomic E-state index is 12.4. The molecule has 0 aromatic heterocycles. The molecule has 2 heterocycles. The predicted octanol–water partition coefficient (Wildman–Crippen LogP) is 0.634. The highest BCUT2D eigenvalue weighted by molar-refractivity contribution is 5.84. The number of nitrogens with zero attached hydrogens (tertiary/aromatic N) is 1. The summed E-state index contributed by atoms with van der Waals surface area (Å²) in [5.74, 6) is -1.18. The molecule has 0 bridgehead atoms. The number of amides is 1. The fraction of sp³-hybridized carbons (Fsp3) is 0.467. The Morgan fingerprint density at radius 3 is 2.70 bits per heavy atom. The van der Waals surface area contributed by atoms with E-state index in [4.69, 9.17) is 5.11 Å². The van der Waals surface area contributed by atoms with Gasteiger partial charge in [0.05, 0.1) is 12.0 Å². The van der Waals surface area contributed by atoms with Crippen molar-refractivity contribution in [3.8, 4) is 0 Å². The monoisotopic (exact) mass is 274 g/mol. The van der Waals surface area contributed by atoms with E-state index in [1.54, 1.807) is 4.90 Å². The number of benzene rings is 1. The van der Waals surface area contributed by atoms with Crippen LogP contribution in [-0.4, -0.2) is 41.0 Å². The van der Waals surface area contributed by atoms with Gasteiger partial charge in [0.1, 0.15) is 0 Å². The molecule has 20 heavy (non-hydrogen) atoms. The van der Waals surface area contributed by atoms with E-state index in [0.29, 0.717) is 32.5 Å². The zero-order chi connectivity index (χ0) is 14.1. The molecular weight excluding hydrogens is 256 g/mol. The predicted molar refractivity (Wildman–Crippen MR) is 73.1 cm³/mol. The highest BCUT2D eigenvalue weighted by Gasteiger charge is 2.35. The zero-order valence-electron chi connectivity index (χ0n) is 11.2. The van der Waals surface area contributed by atoms with Crippen LogP contribution in [0.25, 0.3) is 0 Å². The molecule has 106 valence electrons. The van der Waals surface area contributed by atoms with E-state index in [1.165, 1.54) is 11.1 Å². The normalized spacial score (nSPS) is 25.3. The molecule has 2 N–H and O–H groups in total. The SMILES string of the molecule is O=C(O)C1CCN(C(=O)[C@@H]2Cc3ccccc3CN2)C1. The molecule has 2 aliphatic rings. The molecule has 2 aliphatic heterocycles. The van der Waals surface area contributed by atoms with Crippen molar-refractivity contribution in [1.29, 1.82) is 0 Å². The van der Waals surface area contributed by atoms with Crippen LogP contribution in [0.2, 0.25) is 0 Å². The molecule has 0 radical (unpaired) electrons. The summed E-state index contributed by atoms with van der Waals surface area (Å²) in [7, 11) is 0. The van der Waals surface area contributed by atoms with Crippen LogP contribution in [0.4, 0.5) is 0 Å². The molecule has 0 aliphatic carbocycles. The van der Waals surface area contributed by atoms with Gasteiger partial charge in [-0.25, -0.2) is 0 Å². The molecule has 1 unspecified atom stereocenters. The van der Waals surface area contributed by atoms with Gasteiger partial charge in [0.25, 0.3) is 0 Å². The summed E-state index contributed by atoms with van der Waals surface area (Å²) < 4.78 is 0. The molecule has 1 saturated heterocycles. The third kappa shape index (κ3) is 2.41. The van der Waals surface area contributed by atoms with Crippen LogP contribution >= 0.6 is 0 Å². The highest BCUT2D eigenvalue weighted by Crippen LogP contribution is 2.21. The summed E-state index contributed by atoms with van der Waals surface area (Å²) in [6.45, 7) is 1.59. The average Bonchev–Trinajstić information content (AvgIpc) is 2.96. The van der Waals surface area contributed by atoms with Crippen molar-refractivity contribution < 1.29 is 14.7 Å². The number of carbonyl (C=O) groups is 2. The number of carboxylic acids is 1. The first-order valence-corrected chi connectivity index (χ1v) is 6.97. The van der Waals surface area contributed by atoms with Crippen molar-refractivity contribution >= 4 is 11.9 Å². The van der Waals surface area contributed by atoms with Crippen LogP contribution in [0.15, 0.2) is 24.3 Å². The van der Waals surface area contributed by atoms with E-state index >= 15 is 0 Å². The number of likely N-dealkylation sites (tertiary alicyclic amines) is 1. The highest BCUT2D eigenvalue weighted by atomic mass is 16.4. The van der Waals surface area contributed by atoms with Crippen LogP contribution in [0.5, 0.6) is 0 Å². The molecule has 0 saturated carbocycles. The molecule has 1 fully saturated rings. The number of hydrogen-bond donors (Lipinski definition) is 2. The van der Waals surface area contributed by atoms with Crippen molar-refractivity contribution in [2.24, 2.45) is 5.92 Å². The van der Waals surface area contributed by atoms with Gasteiger partial charge in [0.15, 0.2) is 0 Å². The molecule has 5 nitrogen and oxygen atoms in total. The van der Waals surface area contributed by atoms with Gasteiger partial charge in [-0.1, -0.05) is 24.3 Å². The van der Waals surface area contributed by atoms with Gasteiger partial charge in [-0.05, 0) is 24.0 Å². The fourth-order valence-electron chi connectivity index (χ4n) is 3.01. The van der Waals surface area contributed by atoms with Gasteiger partial charge in [-0.3, -0.25) is 9.59 Å². The van der Waals surface area contributed by atoms with Crippen LogP contribution < -0.4 is 5.32 Å². The van der Waals surface area contributed by atoms with Crippen molar-refractivity contribution in [1.82, 2.24) is 10.2 Å². The fourth-order valence-corrected chi connectivity index (χ4v) is 3.01. The Morgan fingerprint density at radius 2 is 2.00 bits per heavy atom. The minimum Gasteiger partial charge on any atom is -0.481 e. The molecule has 0 spiro atoms. The van der Waals surface area contributed by atoms with Crippen molar-refractivity contribution in [2.75, 3.05) is 13.1 Å². The standard InChI is InChI=1S/C15H18N2O3/c18-14(17-6-5-12(9-17)15(19)20)13-7-10-3-1-2-4-11(10)8-16-13/h1-4,12-13,16H,5-9H2,(H,19,20)/t12?,13-/m0/s1. The Balaban J connectivity index is 1.66. The van der Waals surface area contributed by atoms with Crippen LogP contribution in [0.3, 0.4) is 0 Å². The summed E-state index contributed by atoms with van der Waals surface area (Å²) >= 11 is 0. The first-order valence-electron chi connectivity index (χ1n) is 6.97. The summed E-state index contributed by atoms with van der Waals surface area (Å²) in [6.07, 6.45) is 1.24. The summed E-state index contributed by atoms with van der Waals surface area (Å²) in [4.78, 5) is 25.1. The maximum Gasteiger partial charge on any atom is 0.308 e. The number of rotatable bonds is 2. The number of aliphatic carboxylic acids is 1. The van der Waals surface area contributed by atoms with E-state index in [-0.39, 0.29) is 11.9 Å². The summed E-state index contributed by atoms with van der Waals surface area (Å²) in [6, 6.07) is 7.89. The number of carboxylic acid groups (broad SMARTS) is 1. The van der Waals surface area contributed by atoms with Gasteiger partial charge in [-0.2, -0.15) is 0 Å². The zero-order valence-corrected chi connectivity index (χ0v) is 11.2. The molecule has 5 heteroatoms. The quantitative estimate of drug-likeness (QED) is 0.830. The van der Waals surface area contributed by atoms with Gasteiger partial charge >= 0.3 is 5.97 Å². The largest absolute Gasteiger partial charge is 0.481 e. The second-order valence-corrected chi connectivity index (χ2v) is 5.51. The first-order chi connectivity index (χ1) is 9.65. The van der Waals surface area contributed by atoms with E-state index in [1.807, 2.05) is 12.1 Å². The molecular formula is C15H18N2O3. The molecule has 2 atom stereocenters. The first kappa shape index (κ1) is 13.1. The third-order valence-corrected chi connectivity index (χ3v) is 4.23. The van der Waals surface area contributed by atoms with Gasteiger partial charge in [0.2, 0.25) is 5.91 Å². The van der Waals surface area contributed by atoms with Gasteiger partial charge < -0.3 is 15.3 Å². The summed E-state index contributed by atoms with van der Waals surface area (Å²) in [5.41, 5.74) is 2.44. The van der Waals surface area contributed by atoms with Gasteiger partial charge in [0, 0.05) is 19.6 Å². The Hall–Kier alpha value is -1.88. The molecule has 1 aromatic carbocycles. The lowest BCUT2D eigenvalue weighted by Gasteiger charge is -2.28. The second-order valence-electron chi connectivity index (χ2n) is 5.51. The molecule has 3 rings (SSSR count). The Labute approximate surface area is 117 Å². The number of hydrogen-bond acceptors (Lipinski definition) is 3. The second kappa shape index (κ2) is 5.25. The van der Waals surface area contributed by atoms with Crippen LogP contribution in [-0.2, 0) is 22.6 Å². The van der Waals surface area contributed by atoms with Crippen LogP contribution in [0.1, 0.15) is 17.5 Å². The lowest BCUT2D eigenvalue weighted by atomic mass is 9.95. The van der Waals surface area contributed by atoms with E-state index in [0.717, 1.165) is 0 Å². The van der Waals surface area contributed by atoms with Gasteiger partial charge in [-0.15, -0.1) is 0 Å². The smallest absolute Gasteiger partial charge is 0.308 e. The number of fused-ring (bicyclic) bond motifs is 1. The minimum absolute atomic E-state index is 0.0308. The minimum atomic E-state index is -0.803. The Morgan fingerprint density at radius 1 is 1.25 bits per heavy atom. The lowest BCUT2D eigenvalue weighted by molar-refractivity contribution is -0.141. The topological polar surface area (TPSA) is 69.6 Å². The number of carbonyl (C=O) groups excluding carboxylic acids is 1. The Bertz CT molecular complexity index is 544. The summed E-state index contributed by atoms with van der Waals surface area (Å²) in [5, 5.41) is 12.3. The average molecular weight is 274 g/mol. The number of nitrogens with one attached hydrogen (secondary N) is 1. The third-order valence-electron chi connectivity index (χ3n) is 4.23. The lowest BCUT2D eigenvalue weighted by Crippen LogP contribution is -2.48. The van der Waals surface area contributed by atoms with Crippen molar-refractivity contribution in [2.45, 2.75) is 25.4 Å². The maximum atomic E-state index is 12.4. The van der Waals surface area contributed by atoms with E-state index in [9.17, 15) is 9.59 Å². The van der Waals surface area contributed by atoms with E-state index < -0.39 is 11.9 Å². The Kier molecular flexibility index (Phi) is 3.44.